The highest BCUT2D eigenvalue weighted by Gasteiger charge is 2.19. The first-order valence-electron chi connectivity index (χ1n) is 5.93. The van der Waals surface area contributed by atoms with Crippen LogP contribution in [-0.2, 0) is 9.53 Å². The number of aryl methyl sites for hydroxylation is 1. The molecule has 106 valence electrons. The van der Waals surface area contributed by atoms with E-state index >= 15 is 0 Å². The Labute approximate surface area is 112 Å². The van der Waals surface area contributed by atoms with Crippen LogP contribution in [-0.4, -0.2) is 46.9 Å². The third-order valence-corrected chi connectivity index (χ3v) is 2.16. The van der Waals surface area contributed by atoms with Gasteiger partial charge in [0.2, 0.25) is 11.8 Å². The van der Waals surface area contributed by atoms with Crippen LogP contribution in [0.1, 0.15) is 19.5 Å². The Bertz CT molecular complexity index is 437. The van der Waals surface area contributed by atoms with E-state index < -0.39 is 18.6 Å². The number of methoxy groups -OCH3 is 1. The van der Waals surface area contributed by atoms with Gasteiger partial charge in [0.25, 0.3) is 0 Å². The zero-order chi connectivity index (χ0) is 14.4. The van der Waals surface area contributed by atoms with Crippen LogP contribution in [0.4, 0.5) is 5.95 Å². The minimum absolute atomic E-state index is 0.0172. The number of hydrogen-bond donors (Lipinski definition) is 2. The summed E-state index contributed by atoms with van der Waals surface area (Å²) < 4.78 is 10.0. The average molecular weight is 269 g/mol. The second-order valence-corrected chi connectivity index (χ2v) is 4.24. The molecule has 0 saturated carbocycles. The van der Waals surface area contributed by atoms with Crippen molar-refractivity contribution in [2.45, 2.75) is 32.9 Å². The summed E-state index contributed by atoms with van der Waals surface area (Å²) >= 11 is 0. The highest BCUT2D eigenvalue weighted by molar-refractivity contribution is 5.78. The summed E-state index contributed by atoms with van der Waals surface area (Å²) in [6.45, 7) is 5.14. The Morgan fingerprint density at radius 3 is 2.68 bits per heavy atom. The van der Waals surface area contributed by atoms with Gasteiger partial charge in [0.05, 0.1) is 19.8 Å². The van der Waals surface area contributed by atoms with E-state index in [9.17, 15) is 4.79 Å². The van der Waals surface area contributed by atoms with Gasteiger partial charge in [-0.15, -0.1) is 0 Å². The lowest BCUT2D eigenvalue weighted by Crippen LogP contribution is -2.34. The van der Waals surface area contributed by atoms with Gasteiger partial charge < -0.3 is 19.9 Å². The minimum Gasteiger partial charge on any atom is -0.475 e. The van der Waals surface area contributed by atoms with Gasteiger partial charge in [-0.25, -0.2) is 9.78 Å². The van der Waals surface area contributed by atoms with E-state index in [0.717, 1.165) is 0 Å². The molecule has 0 aliphatic rings. The molecule has 0 saturated heterocycles. The highest BCUT2D eigenvalue weighted by atomic mass is 16.5. The third kappa shape index (κ3) is 4.70. The van der Waals surface area contributed by atoms with Crippen molar-refractivity contribution in [1.29, 1.82) is 0 Å². The zero-order valence-electron chi connectivity index (χ0n) is 11.5. The maximum Gasteiger partial charge on any atom is 0.330 e. The number of esters is 1. The van der Waals surface area contributed by atoms with Crippen molar-refractivity contribution in [2.75, 3.05) is 19.0 Å². The number of nitrogens with one attached hydrogen (secondary N) is 1. The molecule has 0 aliphatic carbocycles. The van der Waals surface area contributed by atoms with Gasteiger partial charge in [0.15, 0.2) is 6.04 Å². The SMILES string of the molecule is COC(=O)C(CO)Nc1nc(C)cc(OC(C)C)n1. The second kappa shape index (κ2) is 6.89. The van der Waals surface area contributed by atoms with Crippen LogP contribution in [0.3, 0.4) is 0 Å². The Morgan fingerprint density at radius 2 is 2.16 bits per heavy atom. The minimum atomic E-state index is -0.904. The molecule has 0 bridgehead atoms. The Balaban J connectivity index is 2.87. The van der Waals surface area contributed by atoms with Crippen LogP contribution in [0.15, 0.2) is 6.07 Å². The van der Waals surface area contributed by atoms with Crippen LogP contribution < -0.4 is 10.1 Å². The number of aliphatic hydroxyl groups is 1. The van der Waals surface area contributed by atoms with Crippen LogP contribution >= 0.6 is 0 Å². The molecule has 0 amide bonds. The predicted molar refractivity (Wildman–Crippen MR) is 69.0 cm³/mol. The maximum absolute atomic E-state index is 11.4. The molecule has 0 radical (unpaired) electrons. The smallest absolute Gasteiger partial charge is 0.330 e. The molecule has 0 fully saturated rings. The van der Waals surface area contributed by atoms with Crippen LogP contribution in [0.25, 0.3) is 0 Å². The van der Waals surface area contributed by atoms with Gasteiger partial charge in [0.1, 0.15) is 0 Å². The van der Waals surface area contributed by atoms with Gasteiger partial charge in [-0.3, -0.25) is 0 Å². The Morgan fingerprint density at radius 1 is 1.47 bits per heavy atom. The molecule has 7 heteroatoms. The van der Waals surface area contributed by atoms with E-state index in [1.807, 2.05) is 13.8 Å². The fourth-order valence-corrected chi connectivity index (χ4v) is 1.38. The van der Waals surface area contributed by atoms with Gasteiger partial charge in [-0.05, 0) is 20.8 Å². The van der Waals surface area contributed by atoms with Crippen molar-refractivity contribution >= 4 is 11.9 Å². The summed E-state index contributed by atoms with van der Waals surface area (Å²) in [7, 11) is 1.25. The fourth-order valence-electron chi connectivity index (χ4n) is 1.38. The molecule has 1 heterocycles. The highest BCUT2D eigenvalue weighted by Crippen LogP contribution is 2.14. The number of carbonyl (C=O) groups excluding carboxylic acids is 1. The van der Waals surface area contributed by atoms with E-state index in [4.69, 9.17) is 9.84 Å². The molecule has 1 rings (SSSR count). The normalized spacial score (nSPS) is 12.1. The summed E-state index contributed by atoms with van der Waals surface area (Å²) in [5.74, 6) is 0.0330. The fraction of sp³-hybridized carbons (Fsp3) is 0.583. The topological polar surface area (TPSA) is 93.6 Å². The first-order chi connectivity index (χ1) is 8.96. The van der Waals surface area contributed by atoms with E-state index in [1.54, 1.807) is 13.0 Å². The first-order valence-corrected chi connectivity index (χ1v) is 5.93. The average Bonchev–Trinajstić information content (AvgIpc) is 2.33. The quantitative estimate of drug-likeness (QED) is 0.727. The van der Waals surface area contributed by atoms with E-state index in [1.165, 1.54) is 7.11 Å². The summed E-state index contributed by atoms with van der Waals surface area (Å²) in [6.07, 6.45) is -0.0172. The van der Waals surface area contributed by atoms with Gasteiger partial charge in [-0.1, -0.05) is 0 Å². The summed E-state index contributed by atoms with van der Waals surface area (Å²) in [5, 5.41) is 11.8. The molecule has 1 aromatic rings. The number of carbonyl (C=O) groups is 1. The summed E-state index contributed by atoms with van der Waals surface area (Å²) in [4.78, 5) is 19.6. The number of rotatable bonds is 6. The van der Waals surface area contributed by atoms with Crippen LogP contribution in [0, 0.1) is 6.92 Å². The molecule has 2 N–H and O–H groups in total. The Kier molecular flexibility index (Phi) is 5.50. The van der Waals surface area contributed by atoms with Gasteiger partial charge in [0, 0.05) is 11.8 Å². The van der Waals surface area contributed by atoms with Crippen LogP contribution in [0.2, 0.25) is 0 Å². The lowest BCUT2D eigenvalue weighted by atomic mass is 10.3. The molecule has 0 aromatic carbocycles. The predicted octanol–water partition coefficient (Wildman–Crippen LogP) is 0.518. The first kappa shape index (κ1) is 15.2. The zero-order valence-corrected chi connectivity index (χ0v) is 11.5. The molecule has 1 atom stereocenters. The van der Waals surface area contributed by atoms with Crippen LogP contribution in [0.5, 0.6) is 5.88 Å². The van der Waals surface area contributed by atoms with Crippen molar-refractivity contribution < 1.29 is 19.4 Å². The number of aromatic nitrogens is 2. The van der Waals surface area contributed by atoms with Crippen molar-refractivity contribution in [2.24, 2.45) is 0 Å². The molecule has 7 nitrogen and oxygen atoms in total. The Hall–Kier alpha value is -1.89. The number of anilines is 1. The molecule has 19 heavy (non-hydrogen) atoms. The molecule has 1 aromatic heterocycles. The standard InChI is InChI=1S/C12H19N3O4/c1-7(2)19-10-5-8(3)13-12(15-10)14-9(6-16)11(17)18-4/h5,7,9,16H,6H2,1-4H3,(H,13,14,15). The molecular weight excluding hydrogens is 250 g/mol. The molecular formula is C12H19N3O4. The van der Waals surface area contributed by atoms with Crippen molar-refractivity contribution in [1.82, 2.24) is 9.97 Å². The van der Waals surface area contributed by atoms with E-state index in [0.29, 0.717) is 11.6 Å². The van der Waals surface area contributed by atoms with E-state index in [-0.39, 0.29) is 12.1 Å². The number of nitrogens with zero attached hydrogens (tertiary/aromatic N) is 2. The van der Waals surface area contributed by atoms with Crippen molar-refractivity contribution in [3.63, 3.8) is 0 Å². The third-order valence-electron chi connectivity index (χ3n) is 2.16. The van der Waals surface area contributed by atoms with Crippen molar-refractivity contribution in [3.05, 3.63) is 11.8 Å². The van der Waals surface area contributed by atoms with Crippen molar-refractivity contribution in [3.8, 4) is 5.88 Å². The van der Waals surface area contributed by atoms with Gasteiger partial charge in [-0.2, -0.15) is 4.98 Å². The van der Waals surface area contributed by atoms with E-state index in [2.05, 4.69) is 20.0 Å². The largest absolute Gasteiger partial charge is 0.475 e. The number of hydrogen-bond acceptors (Lipinski definition) is 7. The van der Waals surface area contributed by atoms with Gasteiger partial charge >= 0.3 is 5.97 Å². The summed E-state index contributed by atoms with van der Waals surface area (Å²) in [5.41, 5.74) is 0.690. The lowest BCUT2D eigenvalue weighted by molar-refractivity contribution is -0.142. The summed E-state index contributed by atoms with van der Waals surface area (Å²) in [6, 6.07) is 0.788. The maximum atomic E-state index is 11.4. The number of aliphatic hydroxyl groups excluding tert-OH is 1. The lowest BCUT2D eigenvalue weighted by Gasteiger charge is -2.15. The second-order valence-electron chi connectivity index (χ2n) is 4.24. The molecule has 0 spiro atoms. The molecule has 0 aliphatic heterocycles. The molecule has 1 unspecified atom stereocenters. The number of ether oxygens (including phenoxy) is 2. The monoisotopic (exact) mass is 269 g/mol.